The molecule has 1 amide bonds. The van der Waals surface area contributed by atoms with Crippen LogP contribution in [0, 0.1) is 5.92 Å². The first-order valence-electron chi connectivity index (χ1n) is 8.06. The van der Waals surface area contributed by atoms with E-state index in [4.69, 9.17) is 4.74 Å². The van der Waals surface area contributed by atoms with Gasteiger partial charge in [0.15, 0.2) is 5.82 Å². The summed E-state index contributed by atoms with van der Waals surface area (Å²) in [6.45, 7) is 3.38. The van der Waals surface area contributed by atoms with E-state index < -0.39 is 16.1 Å². The fourth-order valence-corrected chi connectivity index (χ4v) is 4.03. The van der Waals surface area contributed by atoms with Gasteiger partial charge in [-0.1, -0.05) is 0 Å². The second kappa shape index (κ2) is 6.64. The first-order chi connectivity index (χ1) is 11.3. The van der Waals surface area contributed by atoms with Gasteiger partial charge in [-0.3, -0.25) is 9.88 Å². The Morgan fingerprint density at radius 2 is 1.96 bits per heavy atom. The zero-order valence-electron chi connectivity index (χ0n) is 13.9. The molecule has 8 nitrogen and oxygen atoms in total. The molecule has 1 atom stereocenters. The highest BCUT2D eigenvalue weighted by Gasteiger charge is 2.32. The van der Waals surface area contributed by atoms with Crippen LogP contribution in [0.5, 0.6) is 0 Å². The Labute approximate surface area is 141 Å². The summed E-state index contributed by atoms with van der Waals surface area (Å²) in [6, 6.07) is -0.0435. The minimum atomic E-state index is -3.09. The molecule has 132 valence electrons. The molecule has 2 saturated heterocycles. The van der Waals surface area contributed by atoms with Crippen molar-refractivity contribution >= 4 is 21.9 Å². The van der Waals surface area contributed by atoms with E-state index in [1.54, 1.807) is 12.4 Å². The van der Waals surface area contributed by atoms with Crippen LogP contribution in [0.2, 0.25) is 0 Å². The highest BCUT2D eigenvalue weighted by atomic mass is 32.2. The van der Waals surface area contributed by atoms with Crippen molar-refractivity contribution < 1.29 is 17.9 Å². The number of cyclic esters (lactones) is 1. The molecule has 24 heavy (non-hydrogen) atoms. The van der Waals surface area contributed by atoms with Crippen LogP contribution in [-0.4, -0.2) is 60.8 Å². The molecule has 0 aromatic carbocycles. The van der Waals surface area contributed by atoms with Crippen molar-refractivity contribution in [3.63, 3.8) is 0 Å². The fourth-order valence-electron chi connectivity index (χ4n) is 3.15. The number of piperidine rings is 1. The summed E-state index contributed by atoms with van der Waals surface area (Å²) in [5.74, 6) is 0.902. The van der Waals surface area contributed by atoms with Crippen LogP contribution in [0.25, 0.3) is 0 Å². The Bertz CT molecular complexity index is 699. The number of hydrogen-bond acceptors (Lipinski definition) is 6. The third-order valence-electron chi connectivity index (χ3n) is 4.56. The second-order valence-corrected chi connectivity index (χ2v) is 8.45. The minimum absolute atomic E-state index is 0.0435. The largest absolute Gasteiger partial charge is 0.447 e. The molecule has 0 N–H and O–H groups in total. The Kier molecular flexibility index (Phi) is 4.73. The van der Waals surface area contributed by atoms with E-state index >= 15 is 0 Å². The van der Waals surface area contributed by atoms with Crippen LogP contribution >= 0.6 is 0 Å². The lowest BCUT2D eigenvalue weighted by Gasteiger charge is -2.30. The number of sulfonamides is 1. The van der Waals surface area contributed by atoms with E-state index in [2.05, 4.69) is 9.97 Å². The molecule has 2 aliphatic rings. The molecule has 2 aliphatic heterocycles. The van der Waals surface area contributed by atoms with Crippen LogP contribution in [0.1, 0.15) is 25.5 Å². The first-order valence-corrected chi connectivity index (χ1v) is 9.91. The maximum Gasteiger partial charge on any atom is 0.415 e. The van der Waals surface area contributed by atoms with Crippen LogP contribution in [-0.2, 0) is 21.2 Å². The maximum atomic E-state index is 11.7. The van der Waals surface area contributed by atoms with Gasteiger partial charge in [-0.25, -0.2) is 22.5 Å². The lowest BCUT2D eigenvalue weighted by Crippen LogP contribution is -2.38. The monoisotopic (exact) mass is 354 g/mol. The van der Waals surface area contributed by atoms with E-state index in [1.807, 2.05) is 6.92 Å². The predicted octanol–water partition coefficient (Wildman–Crippen LogP) is 1.04. The third-order valence-corrected chi connectivity index (χ3v) is 5.87. The Morgan fingerprint density at radius 3 is 2.46 bits per heavy atom. The fraction of sp³-hybridized carbons (Fsp3) is 0.667. The SMILES string of the molecule is C[C@@H]1COC(=O)N1c1cnc(CC2CCN(S(C)(=O)=O)CC2)cn1. The molecule has 1 aromatic rings. The molecular weight excluding hydrogens is 332 g/mol. The molecule has 3 rings (SSSR count). The standard InChI is InChI=1S/C15H22N4O4S/c1-11-10-23-15(20)19(11)14-9-16-13(8-17-14)7-12-3-5-18(6-4-12)24(2,21)22/h8-9,11-12H,3-7,10H2,1-2H3/t11-/m1/s1. The van der Waals surface area contributed by atoms with Gasteiger partial charge in [0.05, 0.1) is 30.4 Å². The molecule has 0 saturated carbocycles. The molecule has 9 heteroatoms. The zero-order valence-corrected chi connectivity index (χ0v) is 14.7. The molecule has 0 bridgehead atoms. The summed E-state index contributed by atoms with van der Waals surface area (Å²) in [4.78, 5) is 21.9. The number of aromatic nitrogens is 2. The van der Waals surface area contributed by atoms with Gasteiger partial charge in [0, 0.05) is 13.1 Å². The van der Waals surface area contributed by atoms with Gasteiger partial charge < -0.3 is 4.74 Å². The van der Waals surface area contributed by atoms with Crippen LogP contribution in [0.3, 0.4) is 0 Å². The van der Waals surface area contributed by atoms with Gasteiger partial charge >= 0.3 is 6.09 Å². The summed E-state index contributed by atoms with van der Waals surface area (Å²) in [7, 11) is -3.09. The van der Waals surface area contributed by atoms with Crippen molar-refractivity contribution in [2.45, 2.75) is 32.2 Å². The number of ether oxygens (including phenoxy) is 1. The normalized spacial score (nSPS) is 23.5. The summed E-state index contributed by atoms with van der Waals surface area (Å²) >= 11 is 0. The maximum absolute atomic E-state index is 11.7. The number of carbonyl (C=O) groups excluding carboxylic acids is 1. The Morgan fingerprint density at radius 1 is 1.25 bits per heavy atom. The Balaban J connectivity index is 1.58. The van der Waals surface area contributed by atoms with Gasteiger partial charge in [0.1, 0.15) is 6.61 Å². The van der Waals surface area contributed by atoms with Crippen LogP contribution in [0.15, 0.2) is 12.4 Å². The van der Waals surface area contributed by atoms with Crippen molar-refractivity contribution in [1.82, 2.24) is 14.3 Å². The highest BCUT2D eigenvalue weighted by molar-refractivity contribution is 7.88. The smallest absolute Gasteiger partial charge is 0.415 e. The molecule has 0 unspecified atom stereocenters. The summed E-state index contributed by atoms with van der Waals surface area (Å²) in [5.41, 5.74) is 0.858. The number of hydrogen-bond donors (Lipinski definition) is 0. The lowest BCUT2D eigenvalue weighted by atomic mass is 9.93. The van der Waals surface area contributed by atoms with Gasteiger partial charge in [-0.2, -0.15) is 0 Å². The van der Waals surface area contributed by atoms with Gasteiger partial charge in [0.2, 0.25) is 10.0 Å². The van der Waals surface area contributed by atoms with Crippen molar-refractivity contribution in [2.75, 3.05) is 30.9 Å². The zero-order chi connectivity index (χ0) is 17.3. The first kappa shape index (κ1) is 17.1. The van der Waals surface area contributed by atoms with E-state index in [-0.39, 0.29) is 6.04 Å². The van der Waals surface area contributed by atoms with Crippen molar-refractivity contribution in [3.8, 4) is 0 Å². The van der Waals surface area contributed by atoms with E-state index in [0.717, 1.165) is 25.0 Å². The summed E-state index contributed by atoms with van der Waals surface area (Å²) in [6.07, 6.45) is 6.57. The summed E-state index contributed by atoms with van der Waals surface area (Å²) in [5, 5.41) is 0. The Hall–Kier alpha value is -1.74. The molecule has 2 fully saturated rings. The topological polar surface area (TPSA) is 92.7 Å². The molecule has 1 aromatic heterocycles. The average Bonchev–Trinajstić information content (AvgIpc) is 2.87. The van der Waals surface area contributed by atoms with Crippen molar-refractivity contribution in [1.29, 1.82) is 0 Å². The van der Waals surface area contributed by atoms with Crippen molar-refractivity contribution in [2.24, 2.45) is 5.92 Å². The number of nitrogens with zero attached hydrogens (tertiary/aromatic N) is 4. The van der Waals surface area contributed by atoms with E-state index in [1.165, 1.54) is 15.5 Å². The molecule has 0 radical (unpaired) electrons. The number of anilines is 1. The molecule has 0 spiro atoms. The summed E-state index contributed by atoms with van der Waals surface area (Å²) < 4.78 is 29.6. The van der Waals surface area contributed by atoms with Crippen LogP contribution in [0.4, 0.5) is 10.6 Å². The van der Waals surface area contributed by atoms with Gasteiger partial charge in [0.25, 0.3) is 0 Å². The van der Waals surface area contributed by atoms with E-state index in [0.29, 0.717) is 31.4 Å². The average molecular weight is 354 g/mol. The highest BCUT2D eigenvalue weighted by Crippen LogP contribution is 2.24. The molecule has 3 heterocycles. The predicted molar refractivity (Wildman–Crippen MR) is 88.2 cm³/mol. The van der Waals surface area contributed by atoms with Crippen LogP contribution < -0.4 is 4.90 Å². The number of carbonyl (C=O) groups is 1. The molecule has 0 aliphatic carbocycles. The molecular formula is C15H22N4O4S. The quantitative estimate of drug-likeness (QED) is 0.802. The lowest BCUT2D eigenvalue weighted by molar-refractivity contribution is 0.179. The minimum Gasteiger partial charge on any atom is -0.447 e. The van der Waals surface area contributed by atoms with Gasteiger partial charge in [-0.05, 0) is 32.1 Å². The number of amides is 1. The van der Waals surface area contributed by atoms with E-state index in [9.17, 15) is 13.2 Å². The second-order valence-electron chi connectivity index (χ2n) is 6.47. The van der Waals surface area contributed by atoms with Crippen molar-refractivity contribution in [3.05, 3.63) is 18.1 Å². The third kappa shape index (κ3) is 3.67. The van der Waals surface area contributed by atoms with Gasteiger partial charge in [-0.15, -0.1) is 0 Å². The number of rotatable bonds is 4.